The van der Waals surface area contributed by atoms with E-state index in [0.29, 0.717) is 23.5 Å². The van der Waals surface area contributed by atoms with Crippen molar-refractivity contribution in [3.05, 3.63) is 65.2 Å². The quantitative estimate of drug-likeness (QED) is 0.605. The van der Waals surface area contributed by atoms with Gasteiger partial charge in [0.05, 0.1) is 23.8 Å². The number of esters is 1. The summed E-state index contributed by atoms with van der Waals surface area (Å²) < 4.78 is 10.3. The lowest BCUT2D eigenvalue weighted by Crippen LogP contribution is -2.14. The number of ketones is 1. The molecule has 0 aromatic heterocycles. The molecule has 0 atom stereocenters. The number of rotatable bonds is 6. The van der Waals surface area contributed by atoms with Gasteiger partial charge in [0.2, 0.25) is 0 Å². The Balaban J connectivity index is 1.95. The molecule has 116 valence electrons. The highest BCUT2D eigenvalue weighted by molar-refractivity contribution is 5.99. The number of nitriles is 1. The van der Waals surface area contributed by atoms with Gasteiger partial charge < -0.3 is 9.47 Å². The van der Waals surface area contributed by atoms with E-state index in [2.05, 4.69) is 0 Å². The molecule has 0 saturated carbocycles. The largest absolute Gasteiger partial charge is 0.494 e. The van der Waals surface area contributed by atoms with Crippen molar-refractivity contribution in [3.8, 4) is 11.8 Å². The van der Waals surface area contributed by atoms with E-state index in [4.69, 9.17) is 14.7 Å². The van der Waals surface area contributed by atoms with Gasteiger partial charge in [-0.2, -0.15) is 5.26 Å². The minimum atomic E-state index is -0.638. The lowest BCUT2D eigenvalue weighted by molar-refractivity contribution is 0.0474. The fourth-order valence-corrected chi connectivity index (χ4v) is 1.92. The van der Waals surface area contributed by atoms with Crippen LogP contribution in [0, 0.1) is 11.3 Å². The minimum Gasteiger partial charge on any atom is -0.494 e. The summed E-state index contributed by atoms with van der Waals surface area (Å²) in [6.07, 6.45) is 0. The molecule has 0 spiro atoms. The highest BCUT2D eigenvalue weighted by Crippen LogP contribution is 2.13. The van der Waals surface area contributed by atoms with Gasteiger partial charge in [-0.1, -0.05) is 6.07 Å². The summed E-state index contributed by atoms with van der Waals surface area (Å²) in [7, 11) is 0. The van der Waals surface area contributed by atoms with Gasteiger partial charge in [0.15, 0.2) is 12.4 Å². The molecule has 0 saturated heterocycles. The molecule has 0 aliphatic carbocycles. The average molecular weight is 309 g/mol. The van der Waals surface area contributed by atoms with Crippen molar-refractivity contribution in [3.63, 3.8) is 0 Å². The molecule has 23 heavy (non-hydrogen) atoms. The Hall–Kier alpha value is -3.13. The van der Waals surface area contributed by atoms with Crippen molar-refractivity contribution in [2.24, 2.45) is 0 Å². The molecule has 0 bridgehead atoms. The highest BCUT2D eigenvalue weighted by Gasteiger charge is 2.12. The zero-order chi connectivity index (χ0) is 16.7. The van der Waals surface area contributed by atoms with Gasteiger partial charge in [-0.15, -0.1) is 0 Å². The van der Waals surface area contributed by atoms with E-state index in [1.165, 1.54) is 12.1 Å². The fraction of sp³-hybridized carbons (Fsp3) is 0.167. The molecule has 0 aliphatic rings. The van der Waals surface area contributed by atoms with Crippen LogP contribution in [-0.2, 0) is 4.74 Å². The van der Waals surface area contributed by atoms with Crippen LogP contribution in [0.15, 0.2) is 48.5 Å². The van der Waals surface area contributed by atoms with E-state index in [0.717, 1.165) is 0 Å². The van der Waals surface area contributed by atoms with Gasteiger partial charge in [0.25, 0.3) is 0 Å². The monoisotopic (exact) mass is 309 g/mol. The Morgan fingerprint density at radius 1 is 1.09 bits per heavy atom. The lowest BCUT2D eigenvalue weighted by atomic mass is 10.1. The van der Waals surface area contributed by atoms with Crippen LogP contribution in [0.4, 0.5) is 0 Å². The molecule has 2 rings (SSSR count). The second kappa shape index (κ2) is 7.76. The third-order valence-corrected chi connectivity index (χ3v) is 3.05. The second-order valence-electron chi connectivity index (χ2n) is 4.65. The van der Waals surface area contributed by atoms with Crippen LogP contribution >= 0.6 is 0 Å². The third kappa shape index (κ3) is 4.42. The van der Waals surface area contributed by atoms with Crippen LogP contribution in [0.25, 0.3) is 0 Å². The van der Waals surface area contributed by atoms with E-state index in [-0.39, 0.29) is 18.0 Å². The van der Waals surface area contributed by atoms with Crippen LogP contribution in [0.5, 0.6) is 5.75 Å². The first-order chi connectivity index (χ1) is 11.1. The Morgan fingerprint density at radius 2 is 1.83 bits per heavy atom. The van der Waals surface area contributed by atoms with Crippen LogP contribution in [0.2, 0.25) is 0 Å². The standard InChI is InChI=1S/C18H15NO4/c1-2-22-16-8-6-14(7-9-16)17(20)12-23-18(21)15-5-3-4-13(10-15)11-19/h3-10H,2,12H2,1H3. The molecule has 0 amide bonds. The van der Waals surface area contributed by atoms with E-state index in [1.54, 1.807) is 36.4 Å². The number of carbonyl (C=O) groups is 2. The normalized spacial score (nSPS) is 9.74. The van der Waals surface area contributed by atoms with E-state index in [1.807, 2.05) is 13.0 Å². The van der Waals surface area contributed by atoms with Crippen molar-refractivity contribution in [1.29, 1.82) is 5.26 Å². The van der Waals surface area contributed by atoms with Gasteiger partial charge >= 0.3 is 5.97 Å². The maximum Gasteiger partial charge on any atom is 0.338 e. The van der Waals surface area contributed by atoms with Crippen molar-refractivity contribution in [1.82, 2.24) is 0 Å². The summed E-state index contributed by atoms with van der Waals surface area (Å²) >= 11 is 0. The minimum absolute atomic E-state index is 0.239. The van der Waals surface area contributed by atoms with E-state index < -0.39 is 5.97 Å². The van der Waals surface area contributed by atoms with Gasteiger partial charge in [0, 0.05) is 5.56 Å². The number of ether oxygens (including phenoxy) is 2. The first-order valence-electron chi connectivity index (χ1n) is 7.07. The predicted molar refractivity (Wildman–Crippen MR) is 83.4 cm³/mol. The van der Waals surface area contributed by atoms with Crippen molar-refractivity contribution in [2.75, 3.05) is 13.2 Å². The maximum absolute atomic E-state index is 12.0. The predicted octanol–water partition coefficient (Wildman–Crippen LogP) is 3.00. The van der Waals surface area contributed by atoms with Gasteiger partial charge in [-0.25, -0.2) is 4.79 Å². The lowest BCUT2D eigenvalue weighted by Gasteiger charge is -2.06. The smallest absolute Gasteiger partial charge is 0.338 e. The molecule has 2 aromatic rings. The molecule has 0 N–H and O–H groups in total. The molecule has 0 aliphatic heterocycles. The average Bonchev–Trinajstić information content (AvgIpc) is 2.60. The van der Waals surface area contributed by atoms with Gasteiger partial charge in [-0.05, 0) is 49.4 Å². The Morgan fingerprint density at radius 3 is 2.48 bits per heavy atom. The topological polar surface area (TPSA) is 76.4 Å². The highest BCUT2D eigenvalue weighted by atomic mass is 16.5. The molecule has 0 heterocycles. The Bertz CT molecular complexity index is 744. The molecule has 5 nitrogen and oxygen atoms in total. The molecule has 5 heteroatoms. The van der Waals surface area contributed by atoms with Crippen LogP contribution in [0.1, 0.15) is 33.2 Å². The molecule has 2 aromatic carbocycles. The van der Waals surface area contributed by atoms with Gasteiger partial charge in [-0.3, -0.25) is 4.79 Å². The van der Waals surface area contributed by atoms with Crippen molar-refractivity contribution >= 4 is 11.8 Å². The second-order valence-corrected chi connectivity index (χ2v) is 4.65. The summed E-state index contributed by atoms with van der Waals surface area (Å²) in [5.74, 6) is -0.270. The van der Waals surface area contributed by atoms with Crippen molar-refractivity contribution in [2.45, 2.75) is 6.92 Å². The van der Waals surface area contributed by atoms with E-state index >= 15 is 0 Å². The summed E-state index contributed by atoms with van der Waals surface area (Å²) in [4.78, 5) is 23.9. The molecule has 0 unspecified atom stereocenters. The number of hydrogen-bond acceptors (Lipinski definition) is 5. The summed E-state index contributed by atoms with van der Waals surface area (Å²) in [6, 6.07) is 14.7. The summed E-state index contributed by atoms with van der Waals surface area (Å²) in [5, 5.41) is 8.80. The molecular weight excluding hydrogens is 294 g/mol. The number of benzene rings is 2. The molecule has 0 radical (unpaired) electrons. The van der Waals surface area contributed by atoms with E-state index in [9.17, 15) is 9.59 Å². The molecular formula is C18H15NO4. The zero-order valence-corrected chi connectivity index (χ0v) is 12.6. The summed E-state index contributed by atoms with van der Waals surface area (Å²) in [5.41, 5.74) is 1.04. The number of nitrogens with zero attached hydrogens (tertiary/aromatic N) is 1. The van der Waals surface area contributed by atoms with Gasteiger partial charge in [0.1, 0.15) is 5.75 Å². The first kappa shape index (κ1) is 16.2. The Kier molecular flexibility index (Phi) is 5.48. The first-order valence-corrected chi connectivity index (χ1v) is 7.07. The Labute approximate surface area is 134 Å². The number of carbonyl (C=O) groups excluding carboxylic acids is 2. The number of Topliss-reactive ketones (excluding diaryl/α,β-unsaturated/α-hetero) is 1. The number of hydrogen-bond donors (Lipinski definition) is 0. The SMILES string of the molecule is CCOc1ccc(C(=O)COC(=O)c2cccc(C#N)c2)cc1. The van der Waals surface area contributed by atoms with Crippen LogP contribution in [-0.4, -0.2) is 25.0 Å². The fourth-order valence-electron chi connectivity index (χ4n) is 1.92. The third-order valence-electron chi connectivity index (χ3n) is 3.05. The summed E-state index contributed by atoms with van der Waals surface area (Å²) in [6.45, 7) is 2.07. The van der Waals surface area contributed by atoms with Crippen molar-refractivity contribution < 1.29 is 19.1 Å². The van der Waals surface area contributed by atoms with Crippen LogP contribution < -0.4 is 4.74 Å². The maximum atomic E-state index is 12.0. The zero-order valence-electron chi connectivity index (χ0n) is 12.6. The molecule has 0 fully saturated rings. The van der Waals surface area contributed by atoms with Crippen LogP contribution in [0.3, 0.4) is 0 Å².